The van der Waals surface area contributed by atoms with Crippen LogP contribution in [0.15, 0.2) is 78.0 Å². The number of benzene rings is 2. The highest BCUT2D eigenvalue weighted by molar-refractivity contribution is 6.23. The fourth-order valence-electron chi connectivity index (χ4n) is 3.31. The minimum atomic E-state index is -0.526. The van der Waals surface area contributed by atoms with E-state index in [1.807, 2.05) is 12.1 Å². The largest absolute Gasteiger partial charge is 0.497 e. The molecule has 0 N–H and O–H groups in total. The Bertz CT molecular complexity index is 1030. The lowest BCUT2D eigenvalue weighted by molar-refractivity contribution is -0.138. The van der Waals surface area contributed by atoms with Crippen molar-refractivity contribution < 1.29 is 23.8 Å². The van der Waals surface area contributed by atoms with E-state index in [0.717, 1.165) is 5.56 Å². The molecule has 1 heterocycles. The Hall–Kier alpha value is -3.80. The molecule has 0 spiro atoms. The minimum Gasteiger partial charge on any atom is -0.497 e. The van der Waals surface area contributed by atoms with E-state index in [9.17, 15) is 9.59 Å². The number of hydrogen-bond donors (Lipinski definition) is 0. The lowest BCUT2D eigenvalue weighted by atomic mass is 10.0. The van der Waals surface area contributed by atoms with Gasteiger partial charge in [-0.1, -0.05) is 24.8 Å². The van der Waals surface area contributed by atoms with E-state index in [4.69, 9.17) is 14.2 Å². The number of nitrogens with zero attached hydrogens (tertiary/aromatic N) is 1. The van der Waals surface area contributed by atoms with Crippen LogP contribution < -0.4 is 14.4 Å². The van der Waals surface area contributed by atoms with Crippen LogP contribution in [0.2, 0.25) is 0 Å². The molecule has 0 saturated carbocycles. The third-order valence-electron chi connectivity index (χ3n) is 4.77. The molecule has 0 radical (unpaired) electrons. The summed E-state index contributed by atoms with van der Waals surface area (Å²) in [6.45, 7) is 7.72. The minimum absolute atomic E-state index is 0.217. The van der Waals surface area contributed by atoms with Gasteiger partial charge in [-0.15, -0.1) is 0 Å². The molecule has 0 unspecified atom stereocenters. The Morgan fingerprint density at radius 2 is 1.71 bits per heavy atom. The molecule has 31 heavy (non-hydrogen) atoms. The first-order valence-corrected chi connectivity index (χ1v) is 9.92. The predicted octanol–water partition coefficient (Wildman–Crippen LogP) is 4.53. The molecule has 2 aromatic carbocycles. The van der Waals surface area contributed by atoms with Crippen molar-refractivity contribution in [3.8, 4) is 11.5 Å². The molecular formula is C25H25NO5. The Kier molecular flexibility index (Phi) is 6.92. The van der Waals surface area contributed by atoms with E-state index >= 15 is 0 Å². The highest BCUT2D eigenvalue weighted by atomic mass is 16.5. The maximum atomic E-state index is 13.3. The summed E-state index contributed by atoms with van der Waals surface area (Å²) in [5.74, 6) is 0.549. The van der Waals surface area contributed by atoms with Crippen molar-refractivity contribution in [2.45, 2.75) is 13.8 Å². The summed E-state index contributed by atoms with van der Waals surface area (Å²) in [6.07, 6.45) is 3.36. The third-order valence-corrected chi connectivity index (χ3v) is 4.77. The van der Waals surface area contributed by atoms with E-state index < -0.39 is 5.97 Å². The van der Waals surface area contributed by atoms with Crippen LogP contribution in [0.4, 0.5) is 5.69 Å². The molecule has 1 aliphatic heterocycles. The average Bonchev–Trinajstić information content (AvgIpc) is 3.03. The molecule has 3 rings (SSSR count). The van der Waals surface area contributed by atoms with Crippen molar-refractivity contribution in [2.24, 2.45) is 0 Å². The lowest BCUT2D eigenvalue weighted by Gasteiger charge is -2.18. The van der Waals surface area contributed by atoms with Crippen LogP contribution in [0.5, 0.6) is 11.5 Å². The molecule has 0 atom stereocenters. The maximum absolute atomic E-state index is 13.3. The number of rotatable bonds is 8. The van der Waals surface area contributed by atoms with Crippen molar-refractivity contribution in [1.29, 1.82) is 0 Å². The molecule has 0 bridgehead atoms. The second kappa shape index (κ2) is 9.80. The number of esters is 1. The Balaban J connectivity index is 2.01. The lowest BCUT2D eigenvalue weighted by Crippen LogP contribution is -2.24. The molecule has 160 valence electrons. The number of allylic oxidation sites excluding steroid dienone is 1. The van der Waals surface area contributed by atoms with Crippen LogP contribution in [0, 0.1) is 0 Å². The second-order valence-corrected chi connectivity index (χ2v) is 6.75. The van der Waals surface area contributed by atoms with Gasteiger partial charge in [-0.05, 0) is 61.9 Å². The first-order chi connectivity index (χ1) is 15.0. The van der Waals surface area contributed by atoms with Crippen LogP contribution in [0.25, 0.3) is 6.08 Å². The van der Waals surface area contributed by atoms with E-state index in [1.165, 1.54) is 4.90 Å². The molecule has 2 aromatic rings. The smallest absolute Gasteiger partial charge is 0.340 e. The van der Waals surface area contributed by atoms with Crippen molar-refractivity contribution in [1.82, 2.24) is 0 Å². The van der Waals surface area contributed by atoms with Crippen LogP contribution in [0.1, 0.15) is 19.4 Å². The van der Waals surface area contributed by atoms with Gasteiger partial charge in [-0.3, -0.25) is 9.69 Å². The number of carbonyl (C=O) groups excluding carboxylic acids is 2. The maximum Gasteiger partial charge on any atom is 0.340 e. The fourth-order valence-corrected chi connectivity index (χ4v) is 3.31. The topological polar surface area (TPSA) is 65.1 Å². The number of amides is 1. The number of hydrogen-bond acceptors (Lipinski definition) is 5. The standard InChI is InChI=1S/C25H25NO5/c1-5-15-31-21-11-7-18(8-12-21)16-22-23(25(28)30-6-2)17(3)26(24(22)27)19-9-13-20(29-4)14-10-19/h5,7-14,16H,1,6,15H2,2-4H3/b22-16-. The Morgan fingerprint density at radius 1 is 1.06 bits per heavy atom. The van der Waals surface area contributed by atoms with Gasteiger partial charge in [0.25, 0.3) is 5.91 Å². The molecular weight excluding hydrogens is 394 g/mol. The van der Waals surface area contributed by atoms with Gasteiger partial charge in [0, 0.05) is 11.4 Å². The van der Waals surface area contributed by atoms with Gasteiger partial charge in [-0.25, -0.2) is 4.79 Å². The highest BCUT2D eigenvalue weighted by Gasteiger charge is 2.38. The molecule has 0 aromatic heterocycles. The number of carbonyl (C=O) groups is 2. The summed E-state index contributed by atoms with van der Waals surface area (Å²) in [5, 5.41) is 0. The van der Waals surface area contributed by atoms with Crippen LogP contribution >= 0.6 is 0 Å². The zero-order chi connectivity index (χ0) is 22.4. The summed E-state index contributed by atoms with van der Waals surface area (Å²) < 4.78 is 15.9. The number of anilines is 1. The van der Waals surface area contributed by atoms with Crippen molar-refractivity contribution in [3.05, 3.63) is 83.6 Å². The second-order valence-electron chi connectivity index (χ2n) is 6.75. The summed E-state index contributed by atoms with van der Waals surface area (Å²) in [6, 6.07) is 14.3. The fraction of sp³-hybridized carbons (Fsp3) is 0.200. The first-order valence-electron chi connectivity index (χ1n) is 9.92. The monoisotopic (exact) mass is 419 g/mol. The van der Waals surface area contributed by atoms with E-state index in [1.54, 1.807) is 69.5 Å². The molecule has 6 nitrogen and oxygen atoms in total. The SMILES string of the molecule is C=CCOc1ccc(/C=C2\C(=O)N(c3ccc(OC)cc3)C(C)=C2C(=O)OCC)cc1. The summed E-state index contributed by atoms with van der Waals surface area (Å²) >= 11 is 0. The summed E-state index contributed by atoms with van der Waals surface area (Å²) in [5.41, 5.74) is 2.47. The van der Waals surface area contributed by atoms with E-state index in [-0.39, 0.29) is 23.7 Å². The van der Waals surface area contributed by atoms with E-state index in [2.05, 4.69) is 6.58 Å². The molecule has 0 fully saturated rings. The van der Waals surface area contributed by atoms with Crippen molar-refractivity contribution in [3.63, 3.8) is 0 Å². The molecule has 0 saturated heterocycles. The molecule has 1 amide bonds. The number of methoxy groups -OCH3 is 1. The Labute approximate surface area is 182 Å². The van der Waals surface area contributed by atoms with Gasteiger partial charge < -0.3 is 14.2 Å². The van der Waals surface area contributed by atoms with Gasteiger partial charge >= 0.3 is 5.97 Å². The number of ether oxygens (including phenoxy) is 3. The van der Waals surface area contributed by atoms with Crippen LogP contribution in [-0.4, -0.2) is 32.2 Å². The van der Waals surface area contributed by atoms with Crippen LogP contribution in [-0.2, 0) is 14.3 Å². The quantitative estimate of drug-likeness (QED) is 0.357. The molecule has 0 aliphatic carbocycles. The summed E-state index contributed by atoms with van der Waals surface area (Å²) in [7, 11) is 1.58. The van der Waals surface area contributed by atoms with Crippen molar-refractivity contribution >= 4 is 23.6 Å². The first kappa shape index (κ1) is 21.9. The van der Waals surface area contributed by atoms with Gasteiger partial charge in [-0.2, -0.15) is 0 Å². The van der Waals surface area contributed by atoms with Gasteiger partial charge in [0.15, 0.2) is 0 Å². The van der Waals surface area contributed by atoms with Crippen LogP contribution in [0.3, 0.4) is 0 Å². The van der Waals surface area contributed by atoms with Gasteiger partial charge in [0.05, 0.1) is 24.9 Å². The normalized spacial score (nSPS) is 14.7. The van der Waals surface area contributed by atoms with Gasteiger partial charge in [0.1, 0.15) is 18.1 Å². The van der Waals surface area contributed by atoms with Gasteiger partial charge in [0.2, 0.25) is 0 Å². The third kappa shape index (κ3) is 4.69. The van der Waals surface area contributed by atoms with E-state index in [0.29, 0.717) is 29.5 Å². The zero-order valence-electron chi connectivity index (χ0n) is 17.9. The summed E-state index contributed by atoms with van der Waals surface area (Å²) in [4.78, 5) is 27.6. The molecule has 1 aliphatic rings. The predicted molar refractivity (Wildman–Crippen MR) is 120 cm³/mol. The zero-order valence-corrected chi connectivity index (χ0v) is 17.9. The molecule has 6 heteroatoms. The highest BCUT2D eigenvalue weighted by Crippen LogP contribution is 2.36. The van der Waals surface area contributed by atoms with Crippen molar-refractivity contribution in [2.75, 3.05) is 25.2 Å². The Morgan fingerprint density at radius 3 is 2.29 bits per heavy atom. The average molecular weight is 419 g/mol.